The second kappa shape index (κ2) is 20.8. The van der Waals surface area contributed by atoms with Crippen molar-refractivity contribution in [3.05, 3.63) is 127 Å². The summed E-state index contributed by atoms with van der Waals surface area (Å²) in [4.78, 5) is 23.4. The first kappa shape index (κ1) is 47.6. The third kappa shape index (κ3) is 13.9. The molecule has 0 saturated carbocycles. The Kier molecular flexibility index (Phi) is 16.8. The number of benzene rings is 4. The first-order valence-corrected chi connectivity index (χ1v) is 18.1. The molecule has 4 aromatic rings. The van der Waals surface area contributed by atoms with E-state index in [1.807, 2.05) is 45.2 Å². The number of halogens is 12. The van der Waals surface area contributed by atoms with Crippen molar-refractivity contribution in [3.63, 3.8) is 0 Å². The van der Waals surface area contributed by atoms with Crippen molar-refractivity contribution in [2.75, 3.05) is 21.1 Å². The van der Waals surface area contributed by atoms with Gasteiger partial charge in [-0.2, -0.15) is 47.1 Å². The number of anilines is 4. The van der Waals surface area contributed by atoms with Gasteiger partial charge in [0.25, 0.3) is 0 Å². The van der Waals surface area contributed by atoms with Crippen LogP contribution in [-0.4, -0.2) is 41.6 Å². The molecule has 3 N–H and O–H groups in total. The summed E-state index contributed by atoms with van der Waals surface area (Å²) in [5, 5.41) is 29.4. The third-order valence-corrected chi connectivity index (χ3v) is 8.63. The number of carbonyl (C=O) groups excluding carboxylic acids is 2. The molecule has 5 rings (SSSR count). The Morgan fingerprint density at radius 3 is 1.83 bits per heavy atom. The van der Waals surface area contributed by atoms with Crippen LogP contribution in [0.15, 0.2) is 95.7 Å². The molecule has 1 unspecified atom stereocenters. The minimum atomic E-state index is -4.79. The van der Waals surface area contributed by atoms with Crippen LogP contribution in [-0.2, 0) is 9.59 Å². The van der Waals surface area contributed by atoms with E-state index < -0.39 is 76.9 Å². The zero-order valence-corrected chi connectivity index (χ0v) is 33.9. The number of hydrogen-bond donors (Lipinski definition) is 3. The van der Waals surface area contributed by atoms with Crippen LogP contribution >= 0.6 is 45.2 Å². The van der Waals surface area contributed by atoms with Gasteiger partial charge in [-0.1, -0.05) is 6.58 Å². The fourth-order valence-corrected chi connectivity index (χ4v) is 5.25. The molecule has 1 aliphatic rings. The molecular weight excluding hydrogens is 1030 g/mol. The topological polar surface area (TPSA) is 146 Å². The van der Waals surface area contributed by atoms with E-state index in [9.17, 15) is 53.5 Å². The average Bonchev–Trinajstić information content (AvgIpc) is 3.64. The lowest BCUT2D eigenvalue weighted by Gasteiger charge is -2.23. The van der Waals surface area contributed by atoms with Gasteiger partial charge in [-0.15, -0.1) is 0 Å². The first-order chi connectivity index (χ1) is 27.6. The average molecular weight is 1060 g/mol. The monoisotopic (exact) mass is 1060 g/mol. The second-order valence-corrected chi connectivity index (χ2v) is 13.9. The SMILES string of the molecule is C/C(=N\Nc1ccc(F)c(C#N)c1)C(F)(F)F.C=CC(=O)Nc1ccc(I)cc1F.N#Cc1cc(N2N=C(C(F)(F)F)CC2C(=O)Nc2ccc(I)cc2F)ccc1F. The summed E-state index contributed by atoms with van der Waals surface area (Å²) in [6, 6.07) is 16.4. The maximum absolute atomic E-state index is 14.0. The minimum absolute atomic E-state index is 0.0783. The molecule has 1 aliphatic heterocycles. The Bertz CT molecular complexity index is 2370. The molecule has 0 bridgehead atoms. The molecule has 2 amide bonds. The van der Waals surface area contributed by atoms with Crippen molar-refractivity contribution >= 4 is 91.2 Å². The van der Waals surface area contributed by atoms with Gasteiger partial charge in [-0.25, -0.2) is 17.6 Å². The molecule has 4 aromatic carbocycles. The van der Waals surface area contributed by atoms with Gasteiger partial charge in [-0.3, -0.25) is 20.0 Å². The molecule has 0 aromatic heterocycles. The van der Waals surface area contributed by atoms with E-state index >= 15 is 0 Å². The number of amides is 2. The predicted octanol–water partition coefficient (Wildman–Crippen LogP) is 10.2. The molecule has 0 radical (unpaired) electrons. The van der Waals surface area contributed by atoms with Gasteiger partial charge in [0.2, 0.25) is 11.8 Å². The van der Waals surface area contributed by atoms with Crippen LogP contribution in [0.5, 0.6) is 0 Å². The summed E-state index contributed by atoms with van der Waals surface area (Å²) in [7, 11) is 0. The smallest absolute Gasteiger partial charge is 0.322 e. The van der Waals surface area contributed by atoms with Crippen molar-refractivity contribution in [1.29, 1.82) is 10.5 Å². The van der Waals surface area contributed by atoms with E-state index in [-0.39, 0.29) is 28.3 Å². The molecule has 1 atom stereocenters. The maximum atomic E-state index is 14.0. The minimum Gasteiger partial charge on any atom is -0.322 e. The molecule has 59 heavy (non-hydrogen) atoms. The number of nitrogens with one attached hydrogen (secondary N) is 3. The molecule has 1 heterocycles. The number of hydrazone groups is 2. The zero-order valence-electron chi connectivity index (χ0n) is 29.6. The Labute approximate surface area is 355 Å². The predicted molar refractivity (Wildman–Crippen MR) is 215 cm³/mol. The molecule has 10 nitrogen and oxygen atoms in total. The van der Waals surface area contributed by atoms with Crippen LogP contribution in [0.25, 0.3) is 0 Å². The first-order valence-electron chi connectivity index (χ1n) is 15.9. The molecule has 0 fully saturated rings. The van der Waals surface area contributed by atoms with Crippen LogP contribution in [0.2, 0.25) is 0 Å². The standard InChI is InChI=1S/C18H10F5IN4O.C10H7F4N3.C9H7FINO/c19-12-3-2-11(5-9(12)8-25)28-15(7-16(27-28)18(21,22)23)17(29)26-14-4-1-10(24)6-13(14)20;1-6(10(12,13)14)16-17-8-2-3-9(11)7(4-8)5-15;1-2-9(13)12-8-4-3-6(11)5-7(8)10/h1-6,15H,7H2,(H,26,29);2-4,17H,1H3;2-5H,1H2,(H,12,13)/b;16-6+;. The number of alkyl halides is 6. The lowest BCUT2D eigenvalue weighted by molar-refractivity contribution is -0.117. The highest BCUT2D eigenvalue weighted by Gasteiger charge is 2.45. The summed E-state index contributed by atoms with van der Waals surface area (Å²) >= 11 is 3.86. The summed E-state index contributed by atoms with van der Waals surface area (Å²) in [6.07, 6.45) is -9.01. The van der Waals surface area contributed by atoms with Crippen LogP contribution in [0, 0.1) is 53.1 Å². The van der Waals surface area contributed by atoms with Gasteiger partial charge in [-0.05, 0) is 131 Å². The quantitative estimate of drug-likeness (QED) is 0.0553. The summed E-state index contributed by atoms with van der Waals surface area (Å²) in [5.41, 5.74) is -0.874. The van der Waals surface area contributed by atoms with Gasteiger partial charge in [0.15, 0.2) is 0 Å². The summed E-state index contributed by atoms with van der Waals surface area (Å²) in [6.45, 7) is 4.06. The lowest BCUT2D eigenvalue weighted by Crippen LogP contribution is -2.39. The Balaban J connectivity index is 0.000000262. The summed E-state index contributed by atoms with van der Waals surface area (Å²) in [5.74, 6) is -4.15. The van der Waals surface area contributed by atoms with Crippen LogP contribution in [0.3, 0.4) is 0 Å². The normalized spacial score (nSPS) is 13.6. The highest BCUT2D eigenvalue weighted by atomic mass is 127. The van der Waals surface area contributed by atoms with E-state index in [1.54, 1.807) is 18.2 Å². The molecular formula is C37H24F10I2N8O2. The van der Waals surface area contributed by atoms with Gasteiger partial charge in [0.05, 0.1) is 33.9 Å². The number of hydrogen-bond acceptors (Lipinski definition) is 8. The highest BCUT2D eigenvalue weighted by Crippen LogP contribution is 2.33. The van der Waals surface area contributed by atoms with E-state index in [0.29, 0.717) is 3.57 Å². The van der Waals surface area contributed by atoms with Gasteiger partial charge in [0, 0.05) is 13.6 Å². The zero-order chi connectivity index (χ0) is 44.2. The molecule has 0 saturated heterocycles. The third-order valence-electron chi connectivity index (χ3n) is 7.29. The summed E-state index contributed by atoms with van der Waals surface area (Å²) < 4.78 is 131. The van der Waals surface area contributed by atoms with Gasteiger partial charge < -0.3 is 10.6 Å². The lowest BCUT2D eigenvalue weighted by atomic mass is 10.1. The van der Waals surface area contributed by atoms with Gasteiger partial charge >= 0.3 is 12.4 Å². The van der Waals surface area contributed by atoms with Crippen LogP contribution in [0.4, 0.5) is 66.7 Å². The molecule has 22 heteroatoms. The van der Waals surface area contributed by atoms with E-state index in [0.717, 1.165) is 58.0 Å². The number of rotatable bonds is 7. The molecule has 0 aliphatic carbocycles. The Morgan fingerprint density at radius 1 is 0.814 bits per heavy atom. The second-order valence-electron chi connectivity index (χ2n) is 11.4. The Morgan fingerprint density at radius 2 is 1.34 bits per heavy atom. The fourth-order valence-electron chi connectivity index (χ4n) is 4.34. The number of carbonyl (C=O) groups is 2. The molecule has 0 spiro atoms. The van der Waals surface area contributed by atoms with Crippen molar-refractivity contribution in [2.45, 2.75) is 31.7 Å². The number of nitrogens with zero attached hydrogens (tertiary/aromatic N) is 5. The van der Waals surface area contributed by atoms with E-state index in [1.165, 1.54) is 30.3 Å². The van der Waals surface area contributed by atoms with Gasteiger partial charge in [0.1, 0.15) is 52.9 Å². The maximum Gasteiger partial charge on any atom is 0.431 e. The van der Waals surface area contributed by atoms with Crippen molar-refractivity contribution in [3.8, 4) is 12.1 Å². The van der Waals surface area contributed by atoms with Crippen LogP contribution in [0.1, 0.15) is 24.5 Å². The van der Waals surface area contributed by atoms with Crippen molar-refractivity contribution < 1.29 is 53.5 Å². The fraction of sp³-hybridized carbons (Fsp3) is 0.135. The van der Waals surface area contributed by atoms with E-state index in [2.05, 4.69) is 32.8 Å². The van der Waals surface area contributed by atoms with Crippen LogP contribution < -0.4 is 21.1 Å². The van der Waals surface area contributed by atoms with E-state index in [4.69, 9.17) is 10.5 Å². The number of nitriles is 2. The largest absolute Gasteiger partial charge is 0.431 e. The Hall–Kier alpha value is -5.76. The van der Waals surface area contributed by atoms with Crippen molar-refractivity contribution in [1.82, 2.24) is 0 Å². The van der Waals surface area contributed by atoms with Crippen molar-refractivity contribution in [2.24, 2.45) is 10.2 Å². The highest BCUT2D eigenvalue weighted by molar-refractivity contribution is 14.1. The molecule has 308 valence electrons.